The molecule has 1 aliphatic heterocycles. The van der Waals surface area contributed by atoms with Gasteiger partial charge in [0.2, 0.25) is 11.8 Å². The Hall–Kier alpha value is -2.62. The van der Waals surface area contributed by atoms with Crippen molar-refractivity contribution in [1.29, 1.82) is 0 Å². The molecule has 0 atom stereocenters. The molecule has 2 aromatic rings. The Kier molecular flexibility index (Phi) is 6.05. The summed E-state index contributed by atoms with van der Waals surface area (Å²) in [7, 11) is 0. The van der Waals surface area contributed by atoms with Crippen LogP contribution in [-0.2, 0) is 35.4 Å². The van der Waals surface area contributed by atoms with E-state index in [0.29, 0.717) is 19.4 Å². The Bertz CT molecular complexity index is 768. The second kappa shape index (κ2) is 8.65. The van der Waals surface area contributed by atoms with E-state index < -0.39 is 0 Å². The lowest BCUT2D eigenvalue weighted by Gasteiger charge is -2.29. The number of carbonyl (C=O) groups is 2. The monoisotopic (exact) mass is 350 g/mol. The van der Waals surface area contributed by atoms with E-state index in [1.165, 1.54) is 16.7 Å². The second-order valence-corrected chi connectivity index (χ2v) is 6.78. The van der Waals surface area contributed by atoms with E-state index in [-0.39, 0.29) is 18.4 Å². The van der Waals surface area contributed by atoms with Crippen molar-refractivity contribution < 1.29 is 9.59 Å². The smallest absolute Gasteiger partial charge is 0.242 e. The van der Waals surface area contributed by atoms with Gasteiger partial charge in [0.15, 0.2) is 0 Å². The minimum absolute atomic E-state index is 0.0137. The molecule has 0 bridgehead atoms. The predicted octanol–water partition coefficient (Wildman–Crippen LogP) is 2.88. The third kappa shape index (κ3) is 4.72. The first kappa shape index (κ1) is 18.2. The van der Waals surface area contributed by atoms with Crippen LogP contribution in [0.25, 0.3) is 0 Å². The lowest BCUT2D eigenvalue weighted by atomic mass is 10.00. The van der Waals surface area contributed by atoms with Crippen molar-refractivity contribution in [2.75, 3.05) is 13.1 Å². The zero-order valence-electron chi connectivity index (χ0n) is 15.3. The van der Waals surface area contributed by atoms with Crippen LogP contribution in [0.2, 0.25) is 0 Å². The Morgan fingerprint density at radius 3 is 2.42 bits per heavy atom. The third-order valence-electron chi connectivity index (χ3n) is 4.99. The zero-order chi connectivity index (χ0) is 18.4. The number of hydrogen-bond donors (Lipinski definition) is 1. The summed E-state index contributed by atoms with van der Waals surface area (Å²) in [6.45, 7) is 3.56. The molecular formula is C22H26N2O2. The molecule has 0 aliphatic carbocycles. The van der Waals surface area contributed by atoms with Gasteiger partial charge in [0.05, 0.1) is 6.54 Å². The molecule has 0 saturated carbocycles. The molecule has 0 radical (unpaired) electrons. The molecule has 3 rings (SSSR count). The normalized spacial score (nSPS) is 13.2. The van der Waals surface area contributed by atoms with Gasteiger partial charge in [-0.05, 0) is 41.5 Å². The van der Waals surface area contributed by atoms with Gasteiger partial charge >= 0.3 is 0 Å². The first-order valence-corrected chi connectivity index (χ1v) is 9.35. The number of hydrogen-bond acceptors (Lipinski definition) is 2. The summed E-state index contributed by atoms with van der Waals surface area (Å²) in [5, 5.41) is 2.77. The van der Waals surface area contributed by atoms with Gasteiger partial charge in [-0.2, -0.15) is 0 Å². The van der Waals surface area contributed by atoms with Gasteiger partial charge in [-0.25, -0.2) is 0 Å². The van der Waals surface area contributed by atoms with Gasteiger partial charge in [0.1, 0.15) is 0 Å². The number of rotatable bonds is 6. The van der Waals surface area contributed by atoms with Crippen molar-refractivity contribution in [1.82, 2.24) is 10.2 Å². The topological polar surface area (TPSA) is 49.4 Å². The second-order valence-electron chi connectivity index (χ2n) is 6.78. The highest BCUT2D eigenvalue weighted by Gasteiger charge is 2.20. The number of aryl methyl sites for hydroxylation is 2. The van der Waals surface area contributed by atoms with Crippen LogP contribution in [0, 0.1) is 0 Å². The quantitative estimate of drug-likeness (QED) is 0.871. The minimum atomic E-state index is -0.0738. The van der Waals surface area contributed by atoms with Gasteiger partial charge in [-0.3, -0.25) is 9.59 Å². The number of carbonyl (C=O) groups excluding carboxylic acids is 2. The largest absolute Gasteiger partial charge is 0.347 e. The van der Waals surface area contributed by atoms with Crippen molar-refractivity contribution in [2.45, 2.75) is 39.2 Å². The highest BCUT2D eigenvalue weighted by Crippen LogP contribution is 2.18. The summed E-state index contributed by atoms with van der Waals surface area (Å²) in [6.07, 6.45) is 3.00. The van der Waals surface area contributed by atoms with Gasteiger partial charge in [0, 0.05) is 19.5 Å². The summed E-state index contributed by atoms with van der Waals surface area (Å²) in [5.74, 6) is -0.0875. The van der Waals surface area contributed by atoms with Gasteiger partial charge < -0.3 is 10.2 Å². The number of fused-ring (bicyclic) bond motifs is 1. The van der Waals surface area contributed by atoms with E-state index >= 15 is 0 Å². The molecule has 0 saturated heterocycles. The first-order chi connectivity index (χ1) is 12.7. The van der Waals surface area contributed by atoms with Crippen molar-refractivity contribution in [3.05, 3.63) is 70.8 Å². The maximum absolute atomic E-state index is 12.4. The SMILES string of the molecule is CCc1ccc(CCC(=O)NCC(=O)N2CCc3ccccc3C2)cc1. The van der Waals surface area contributed by atoms with Crippen LogP contribution >= 0.6 is 0 Å². The van der Waals surface area contributed by atoms with Gasteiger partial charge in [-0.1, -0.05) is 55.5 Å². The van der Waals surface area contributed by atoms with Gasteiger partial charge in [0.25, 0.3) is 0 Å². The number of nitrogens with one attached hydrogen (secondary N) is 1. The first-order valence-electron chi connectivity index (χ1n) is 9.35. The summed E-state index contributed by atoms with van der Waals surface area (Å²) in [4.78, 5) is 26.2. The average Bonchev–Trinajstić information content (AvgIpc) is 2.70. The molecule has 2 amide bonds. The Labute approximate surface area is 155 Å². The molecule has 0 unspecified atom stereocenters. The molecule has 0 fully saturated rings. The summed E-state index contributed by atoms with van der Waals surface area (Å²) < 4.78 is 0. The molecule has 26 heavy (non-hydrogen) atoms. The summed E-state index contributed by atoms with van der Waals surface area (Å²) in [5.41, 5.74) is 4.96. The lowest BCUT2D eigenvalue weighted by molar-refractivity contribution is -0.133. The fraction of sp³-hybridized carbons (Fsp3) is 0.364. The molecular weight excluding hydrogens is 324 g/mol. The molecule has 1 aliphatic rings. The highest BCUT2D eigenvalue weighted by atomic mass is 16.2. The fourth-order valence-electron chi connectivity index (χ4n) is 3.28. The summed E-state index contributed by atoms with van der Waals surface area (Å²) in [6, 6.07) is 16.6. The fourth-order valence-corrected chi connectivity index (χ4v) is 3.28. The Balaban J connectivity index is 1.42. The molecule has 0 aromatic heterocycles. The predicted molar refractivity (Wildman–Crippen MR) is 103 cm³/mol. The molecule has 1 heterocycles. The lowest BCUT2D eigenvalue weighted by Crippen LogP contribution is -2.42. The van der Waals surface area contributed by atoms with Crippen molar-refractivity contribution in [3.8, 4) is 0 Å². The molecule has 0 spiro atoms. The van der Waals surface area contributed by atoms with Crippen LogP contribution in [0.4, 0.5) is 0 Å². The van der Waals surface area contributed by atoms with E-state index in [0.717, 1.165) is 24.9 Å². The van der Waals surface area contributed by atoms with E-state index in [9.17, 15) is 9.59 Å². The van der Waals surface area contributed by atoms with Crippen LogP contribution < -0.4 is 5.32 Å². The highest BCUT2D eigenvalue weighted by molar-refractivity contribution is 5.85. The molecule has 2 aromatic carbocycles. The number of amides is 2. The minimum Gasteiger partial charge on any atom is -0.347 e. The van der Waals surface area contributed by atoms with E-state index in [4.69, 9.17) is 0 Å². The Morgan fingerprint density at radius 1 is 1.00 bits per heavy atom. The number of benzene rings is 2. The van der Waals surface area contributed by atoms with Crippen molar-refractivity contribution >= 4 is 11.8 Å². The van der Waals surface area contributed by atoms with Crippen LogP contribution in [-0.4, -0.2) is 29.8 Å². The van der Waals surface area contributed by atoms with Crippen LogP contribution in [0.1, 0.15) is 35.6 Å². The third-order valence-corrected chi connectivity index (χ3v) is 4.99. The van der Waals surface area contributed by atoms with Crippen LogP contribution in [0.15, 0.2) is 48.5 Å². The van der Waals surface area contributed by atoms with E-state index in [1.54, 1.807) is 0 Å². The van der Waals surface area contributed by atoms with Crippen molar-refractivity contribution in [2.24, 2.45) is 0 Å². The van der Waals surface area contributed by atoms with Crippen molar-refractivity contribution in [3.63, 3.8) is 0 Å². The standard InChI is InChI=1S/C22H26N2O2/c1-2-17-7-9-18(10-8-17)11-12-21(25)23-15-22(26)24-14-13-19-5-3-4-6-20(19)16-24/h3-10H,2,11-16H2,1H3,(H,23,25). The average molecular weight is 350 g/mol. The maximum atomic E-state index is 12.4. The van der Waals surface area contributed by atoms with Gasteiger partial charge in [-0.15, -0.1) is 0 Å². The molecule has 4 heteroatoms. The molecule has 4 nitrogen and oxygen atoms in total. The van der Waals surface area contributed by atoms with Crippen LogP contribution in [0.3, 0.4) is 0 Å². The zero-order valence-corrected chi connectivity index (χ0v) is 15.3. The molecule has 136 valence electrons. The summed E-state index contributed by atoms with van der Waals surface area (Å²) >= 11 is 0. The Morgan fingerprint density at radius 2 is 1.69 bits per heavy atom. The molecule has 1 N–H and O–H groups in total. The van der Waals surface area contributed by atoms with E-state index in [1.807, 2.05) is 17.0 Å². The number of nitrogens with zero attached hydrogens (tertiary/aromatic N) is 1. The maximum Gasteiger partial charge on any atom is 0.242 e. The van der Waals surface area contributed by atoms with E-state index in [2.05, 4.69) is 48.6 Å². The van der Waals surface area contributed by atoms with Crippen LogP contribution in [0.5, 0.6) is 0 Å².